The van der Waals surface area contributed by atoms with Crippen LogP contribution in [0.1, 0.15) is 110 Å². The number of ether oxygens (including phenoxy) is 1. The van der Waals surface area contributed by atoms with Crippen LogP contribution in [-0.2, 0) is 4.79 Å². The van der Waals surface area contributed by atoms with Gasteiger partial charge in [-0.3, -0.25) is 34.2 Å². The molecular weight excluding hydrogens is 756 g/mol. The number of imide groups is 1. The molecule has 2 saturated heterocycles. The Morgan fingerprint density at radius 2 is 1.71 bits per heavy atom. The van der Waals surface area contributed by atoms with E-state index < -0.39 is 6.03 Å². The standard InChI is InChI=1S/C44H53ClN8O5/c1-4-51(31-9-11-33(12-10-31)53-27-30-24-37(39(58-3)26-36(30)49-53)47-41(55)35-7-5-6-28(2)46-35)32-14-17-44(18-15-32)19-22-50(23-20-44)42(56)29-8-13-34(45)38(25-29)52-21-16-40(54)48-43(52)57/h5-8,13,24-27,31-33H,4,9-12,14-23H2,1-3H3,(H,47,55)(H,48,54,57). The van der Waals surface area contributed by atoms with E-state index in [0.29, 0.717) is 51.5 Å². The van der Waals surface area contributed by atoms with Gasteiger partial charge in [-0.05, 0) is 119 Å². The number of anilines is 2. The first-order chi connectivity index (χ1) is 28.0. The van der Waals surface area contributed by atoms with Gasteiger partial charge in [-0.2, -0.15) is 5.10 Å². The molecule has 0 radical (unpaired) electrons. The Labute approximate surface area is 344 Å². The number of aromatic nitrogens is 3. The summed E-state index contributed by atoms with van der Waals surface area (Å²) >= 11 is 6.45. The van der Waals surface area contributed by atoms with Gasteiger partial charge in [0, 0.05) is 67.0 Å². The molecule has 2 N–H and O–H groups in total. The number of aryl methyl sites for hydroxylation is 1. The Balaban J connectivity index is 0.836. The molecule has 4 heterocycles. The molecule has 306 valence electrons. The topological polar surface area (TPSA) is 142 Å². The number of carbonyl (C=O) groups excluding carboxylic acids is 4. The van der Waals surface area contributed by atoms with Crippen molar-refractivity contribution in [3.63, 3.8) is 0 Å². The SMILES string of the molecule is CCN(C1CCC(n2cc3cc(NC(=O)c4cccc(C)n4)c(OC)cc3n2)CC1)C1CCC2(CC1)CCN(C(=O)c1ccc(Cl)c(N3CCC(=O)NC3=O)c1)CC2. The minimum atomic E-state index is -0.519. The Morgan fingerprint density at radius 1 is 0.966 bits per heavy atom. The highest BCUT2D eigenvalue weighted by Crippen LogP contribution is 2.47. The van der Waals surface area contributed by atoms with E-state index in [1.54, 1.807) is 31.4 Å². The minimum Gasteiger partial charge on any atom is -0.494 e. The largest absolute Gasteiger partial charge is 0.494 e. The number of fused-ring (bicyclic) bond motifs is 1. The van der Waals surface area contributed by atoms with Gasteiger partial charge < -0.3 is 15.0 Å². The molecule has 14 heteroatoms. The molecule has 4 aliphatic rings. The number of halogens is 1. The zero-order valence-electron chi connectivity index (χ0n) is 33.6. The summed E-state index contributed by atoms with van der Waals surface area (Å²) in [5, 5.41) is 11.6. The molecule has 8 rings (SSSR count). The maximum absolute atomic E-state index is 13.7. The van der Waals surface area contributed by atoms with Crippen molar-refractivity contribution in [1.82, 2.24) is 29.9 Å². The van der Waals surface area contributed by atoms with Crippen molar-refractivity contribution in [3.05, 3.63) is 76.7 Å². The third-order valence-electron chi connectivity index (χ3n) is 13.2. The van der Waals surface area contributed by atoms with Crippen molar-refractivity contribution in [1.29, 1.82) is 0 Å². The van der Waals surface area contributed by atoms with Crippen LogP contribution in [0.4, 0.5) is 16.2 Å². The van der Waals surface area contributed by atoms with Crippen molar-refractivity contribution < 1.29 is 23.9 Å². The van der Waals surface area contributed by atoms with Crippen molar-refractivity contribution in [2.24, 2.45) is 5.41 Å². The summed E-state index contributed by atoms with van der Waals surface area (Å²) in [4.78, 5) is 61.3. The molecule has 2 saturated carbocycles. The Kier molecular flexibility index (Phi) is 11.5. The van der Waals surface area contributed by atoms with Gasteiger partial charge in [-0.15, -0.1) is 0 Å². The molecule has 0 bridgehead atoms. The lowest BCUT2D eigenvalue weighted by Crippen LogP contribution is -2.50. The molecule has 1 spiro atoms. The minimum absolute atomic E-state index is 0.0458. The third-order valence-corrected chi connectivity index (χ3v) is 13.5. The van der Waals surface area contributed by atoms with Gasteiger partial charge in [0.2, 0.25) is 5.91 Å². The fourth-order valence-corrected chi connectivity index (χ4v) is 10.1. The molecule has 2 aliphatic carbocycles. The predicted molar refractivity (Wildman–Crippen MR) is 224 cm³/mol. The smallest absolute Gasteiger partial charge is 0.328 e. The summed E-state index contributed by atoms with van der Waals surface area (Å²) in [6.07, 6.45) is 13.4. The number of hydrogen-bond acceptors (Lipinski definition) is 8. The molecule has 2 aliphatic heterocycles. The van der Waals surface area contributed by atoms with E-state index in [1.165, 1.54) is 30.6 Å². The Morgan fingerprint density at radius 3 is 2.40 bits per heavy atom. The zero-order chi connectivity index (χ0) is 40.6. The maximum Gasteiger partial charge on any atom is 0.328 e. The van der Waals surface area contributed by atoms with Gasteiger partial charge in [-0.25, -0.2) is 9.78 Å². The van der Waals surface area contributed by atoms with E-state index >= 15 is 0 Å². The lowest BCUT2D eigenvalue weighted by Gasteiger charge is -2.49. The summed E-state index contributed by atoms with van der Waals surface area (Å²) < 4.78 is 7.77. The number of pyridine rings is 1. The number of amides is 5. The monoisotopic (exact) mass is 808 g/mol. The molecule has 13 nitrogen and oxygen atoms in total. The van der Waals surface area contributed by atoms with Crippen molar-refractivity contribution in [2.45, 2.75) is 103 Å². The van der Waals surface area contributed by atoms with Crippen LogP contribution < -0.4 is 20.3 Å². The van der Waals surface area contributed by atoms with Crippen LogP contribution in [0, 0.1) is 12.3 Å². The summed E-state index contributed by atoms with van der Waals surface area (Å²) in [6, 6.07) is 15.2. The number of likely N-dealkylation sites (tertiary alicyclic amines) is 1. The Hall–Kier alpha value is -5.01. The molecule has 0 atom stereocenters. The number of urea groups is 1. The van der Waals surface area contributed by atoms with Crippen LogP contribution in [0.3, 0.4) is 0 Å². The van der Waals surface area contributed by atoms with Crippen molar-refractivity contribution in [2.75, 3.05) is 43.5 Å². The fourth-order valence-electron chi connectivity index (χ4n) is 9.91. The first-order valence-electron chi connectivity index (χ1n) is 20.8. The van der Waals surface area contributed by atoms with Crippen molar-refractivity contribution in [3.8, 4) is 5.75 Å². The van der Waals surface area contributed by atoms with Gasteiger partial charge in [0.25, 0.3) is 11.8 Å². The normalized spacial score (nSPS) is 21.4. The molecular formula is C44H53ClN8O5. The van der Waals surface area contributed by atoms with Crippen LogP contribution in [0.15, 0.2) is 54.7 Å². The van der Waals surface area contributed by atoms with Crippen LogP contribution in [0.25, 0.3) is 10.9 Å². The van der Waals surface area contributed by atoms with E-state index in [0.717, 1.165) is 74.8 Å². The lowest BCUT2D eigenvalue weighted by atomic mass is 9.66. The molecule has 0 unspecified atom stereocenters. The summed E-state index contributed by atoms with van der Waals surface area (Å²) in [7, 11) is 1.60. The summed E-state index contributed by atoms with van der Waals surface area (Å²) in [5.74, 6) is -0.0776. The molecule has 5 amide bonds. The number of hydrogen-bond donors (Lipinski definition) is 2. The maximum atomic E-state index is 13.7. The van der Waals surface area contributed by atoms with E-state index in [9.17, 15) is 19.2 Å². The molecule has 4 fully saturated rings. The van der Waals surface area contributed by atoms with Crippen molar-refractivity contribution >= 4 is 57.6 Å². The highest BCUT2D eigenvalue weighted by Gasteiger charge is 2.42. The average Bonchev–Trinajstić information content (AvgIpc) is 3.65. The number of benzene rings is 2. The second-order valence-electron chi connectivity index (χ2n) is 16.6. The number of nitrogens with zero attached hydrogens (tertiary/aromatic N) is 6. The van der Waals surface area contributed by atoms with Crippen LogP contribution in [-0.4, -0.2) is 93.7 Å². The summed E-state index contributed by atoms with van der Waals surface area (Å²) in [5.41, 5.74) is 3.81. The zero-order valence-corrected chi connectivity index (χ0v) is 34.4. The first kappa shape index (κ1) is 39.8. The van der Waals surface area contributed by atoms with Gasteiger partial charge in [0.15, 0.2) is 0 Å². The van der Waals surface area contributed by atoms with Crippen LogP contribution >= 0.6 is 11.6 Å². The number of rotatable bonds is 9. The van der Waals surface area contributed by atoms with Crippen LogP contribution in [0.5, 0.6) is 5.75 Å². The first-order valence-corrected chi connectivity index (χ1v) is 21.2. The second-order valence-corrected chi connectivity index (χ2v) is 17.0. The quantitative estimate of drug-likeness (QED) is 0.175. The van der Waals surface area contributed by atoms with E-state index in [1.807, 2.05) is 36.1 Å². The third kappa shape index (κ3) is 8.16. The highest BCUT2D eigenvalue weighted by molar-refractivity contribution is 6.34. The number of carbonyl (C=O) groups is 4. The average molecular weight is 809 g/mol. The molecule has 2 aromatic carbocycles. The van der Waals surface area contributed by atoms with E-state index in [2.05, 4.69) is 38.3 Å². The van der Waals surface area contributed by atoms with Gasteiger partial charge in [-0.1, -0.05) is 24.6 Å². The van der Waals surface area contributed by atoms with E-state index in [-0.39, 0.29) is 36.1 Å². The van der Waals surface area contributed by atoms with Gasteiger partial charge in [0.1, 0.15) is 11.4 Å². The van der Waals surface area contributed by atoms with E-state index in [4.69, 9.17) is 21.4 Å². The highest BCUT2D eigenvalue weighted by atomic mass is 35.5. The molecule has 58 heavy (non-hydrogen) atoms. The van der Waals surface area contributed by atoms with Gasteiger partial charge >= 0.3 is 6.03 Å². The number of nitrogens with one attached hydrogen (secondary N) is 2. The predicted octanol–water partition coefficient (Wildman–Crippen LogP) is 7.77. The van der Waals surface area contributed by atoms with Gasteiger partial charge in [0.05, 0.1) is 35.1 Å². The number of piperidine rings is 1. The number of methoxy groups -OCH3 is 1. The Bertz CT molecular complexity index is 2200. The molecule has 4 aromatic rings. The fraction of sp³-hybridized carbons (Fsp3) is 0.500. The van der Waals surface area contributed by atoms with Crippen LogP contribution in [0.2, 0.25) is 5.02 Å². The summed E-state index contributed by atoms with van der Waals surface area (Å²) in [6.45, 7) is 6.88. The second kappa shape index (κ2) is 16.7. The molecule has 2 aromatic heterocycles. The lowest BCUT2D eigenvalue weighted by molar-refractivity contribution is -0.120.